The number of rotatable bonds is 5. The van der Waals surface area contributed by atoms with Crippen LogP contribution in [0.4, 0.5) is 4.79 Å². The molecule has 1 aromatic carbocycles. The number of aliphatic hydroxyl groups is 2. The molecule has 0 aliphatic rings. The molecule has 0 unspecified atom stereocenters. The van der Waals surface area contributed by atoms with E-state index in [4.69, 9.17) is 16.3 Å². The Kier molecular flexibility index (Phi) is 7.06. The highest BCUT2D eigenvalue weighted by atomic mass is 35.5. The summed E-state index contributed by atoms with van der Waals surface area (Å²) in [4.78, 5) is 13.2. The van der Waals surface area contributed by atoms with Gasteiger partial charge < -0.3 is 19.8 Å². The molecule has 1 rings (SSSR count). The molecule has 2 N–H and O–H groups in total. The maximum atomic E-state index is 12.0. The van der Waals surface area contributed by atoms with Crippen molar-refractivity contribution in [1.82, 2.24) is 4.90 Å². The number of halogens is 1. The summed E-state index contributed by atoms with van der Waals surface area (Å²) in [5, 5.41) is 20.3. The van der Waals surface area contributed by atoms with Crippen LogP contribution < -0.4 is 0 Å². The van der Waals surface area contributed by atoms with Crippen molar-refractivity contribution in [3.05, 3.63) is 40.9 Å². The molecule has 0 aromatic heterocycles. The number of aliphatic hydroxyl groups excluding tert-OH is 2. The maximum absolute atomic E-state index is 12.0. The number of hydrogen-bond donors (Lipinski definition) is 2. The van der Waals surface area contributed by atoms with Crippen LogP contribution in [0.25, 0.3) is 6.08 Å². The molecule has 0 radical (unpaired) electrons. The quantitative estimate of drug-likeness (QED) is 0.864. The zero-order valence-corrected chi connectivity index (χ0v) is 14.6. The fourth-order valence-corrected chi connectivity index (χ4v) is 1.97. The van der Waals surface area contributed by atoms with E-state index in [1.165, 1.54) is 18.0 Å². The van der Waals surface area contributed by atoms with Gasteiger partial charge in [0.25, 0.3) is 0 Å². The predicted molar refractivity (Wildman–Crippen MR) is 91.4 cm³/mol. The fourth-order valence-electron chi connectivity index (χ4n) is 1.84. The van der Waals surface area contributed by atoms with Crippen molar-refractivity contribution in [2.24, 2.45) is 0 Å². The molecule has 0 spiro atoms. The fraction of sp³-hybridized carbons (Fsp3) is 0.471. The van der Waals surface area contributed by atoms with Gasteiger partial charge in [-0.15, -0.1) is 0 Å². The second-order valence-corrected chi connectivity index (χ2v) is 6.68. The largest absolute Gasteiger partial charge is 0.444 e. The molecule has 2 atom stereocenters. The highest BCUT2D eigenvalue weighted by Gasteiger charge is 2.28. The van der Waals surface area contributed by atoms with E-state index in [-0.39, 0.29) is 6.61 Å². The summed E-state index contributed by atoms with van der Waals surface area (Å²) < 4.78 is 5.23. The van der Waals surface area contributed by atoms with Crippen molar-refractivity contribution in [3.8, 4) is 0 Å². The Balaban J connectivity index is 2.75. The normalized spacial score (nSPS) is 14.6. The minimum absolute atomic E-state index is 0.387. The van der Waals surface area contributed by atoms with Crippen molar-refractivity contribution in [2.45, 2.75) is 38.5 Å². The number of amides is 1. The first-order chi connectivity index (χ1) is 10.6. The first kappa shape index (κ1) is 19.5. The van der Waals surface area contributed by atoms with Gasteiger partial charge in [0.15, 0.2) is 0 Å². The Hall–Kier alpha value is -1.56. The van der Waals surface area contributed by atoms with Crippen LogP contribution in [0.5, 0.6) is 0 Å². The van der Waals surface area contributed by atoms with E-state index < -0.39 is 23.8 Å². The van der Waals surface area contributed by atoms with Crippen LogP contribution in [0.3, 0.4) is 0 Å². The predicted octanol–water partition coefficient (Wildman–Crippen LogP) is 2.94. The molecule has 0 aliphatic carbocycles. The number of nitrogens with zero attached hydrogens (tertiary/aromatic N) is 1. The molecule has 6 heteroatoms. The lowest BCUT2D eigenvalue weighted by atomic mass is 10.1. The van der Waals surface area contributed by atoms with E-state index in [2.05, 4.69) is 0 Å². The van der Waals surface area contributed by atoms with Gasteiger partial charge in [-0.25, -0.2) is 4.79 Å². The van der Waals surface area contributed by atoms with Crippen LogP contribution in [0.15, 0.2) is 30.3 Å². The standard InChI is InChI=1S/C17H24ClNO4/c1-17(2,3)23-16(22)19(4)14(11-20)15(21)10-7-12-5-8-13(18)9-6-12/h5-10,14-15,20-21H,11H2,1-4H3/b10-7+/t14-,15+/m0/s1. The molecule has 23 heavy (non-hydrogen) atoms. The Morgan fingerprint density at radius 1 is 1.35 bits per heavy atom. The number of ether oxygens (including phenoxy) is 1. The van der Waals surface area contributed by atoms with E-state index in [0.29, 0.717) is 5.02 Å². The summed E-state index contributed by atoms with van der Waals surface area (Å²) in [6.07, 6.45) is 1.58. The summed E-state index contributed by atoms with van der Waals surface area (Å²) in [6, 6.07) is 6.29. The third-order valence-electron chi connectivity index (χ3n) is 3.12. The van der Waals surface area contributed by atoms with Crippen LogP contribution in [-0.2, 0) is 4.74 Å². The van der Waals surface area contributed by atoms with Crippen LogP contribution in [0.1, 0.15) is 26.3 Å². The lowest BCUT2D eigenvalue weighted by Gasteiger charge is -2.31. The number of hydrogen-bond acceptors (Lipinski definition) is 4. The van der Waals surface area contributed by atoms with Gasteiger partial charge in [-0.05, 0) is 38.5 Å². The second-order valence-electron chi connectivity index (χ2n) is 6.24. The molecule has 128 valence electrons. The van der Waals surface area contributed by atoms with E-state index in [0.717, 1.165) is 5.56 Å². The molecule has 1 aromatic rings. The highest BCUT2D eigenvalue weighted by molar-refractivity contribution is 6.30. The second kappa shape index (κ2) is 8.34. The molecule has 0 bridgehead atoms. The molecular formula is C17H24ClNO4. The minimum Gasteiger partial charge on any atom is -0.444 e. The first-order valence-corrected chi connectivity index (χ1v) is 7.70. The van der Waals surface area contributed by atoms with Crippen molar-refractivity contribution in [1.29, 1.82) is 0 Å². The van der Waals surface area contributed by atoms with Crippen LogP contribution in [-0.4, -0.2) is 52.6 Å². The Morgan fingerprint density at radius 2 is 1.91 bits per heavy atom. The molecular weight excluding hydrogens is 318 g/mol. The average Bonchev–Trinajstić information content (AvgIpc) is 2.45. The van der Waals surface area contributed by atoms with Crippen LogP contribution in [0, 0.1) is 0 Å². The highest BCUT2D eigenvalue weighted by Crippen LogP contribution is 2.14. The van der Waals surface area contributed by atoms with E-state index in [9.17, 15) is 15.0 Å². The molecule has 0 heterocycles. The summed E-state index contributed by atoms with van der Waals surface area (Å²) in [7, 11) is 1.48. The maximum Gasteiger partial charge on any atom is 0.410 e. The van der Waals surface area contributed by atoms with Crippen molar-refractivity contribution in [2.75, 3.05) is 13.7 Å². The molecule has 1 amide bonds. The Labute approximate surface area is 142 Å². The molecule has 0 saturated heterocycles. The molecule has 0 fully saturated rings. The van der Waals surface area contributed by atoms with E-state index in [1.54, 1.807) is 51.1 Å². The van der Waals surface area contributed by atoms with Crippen LogP contribution >= 0.6 is 11.6 Å². The monoisotopic (exact) mass is 341 g/mol. The summed E-state index contributed by atoms with van der Waals surface area (Å²) in [6.45, 7) is 4.87. The Bertz CT molecular complexity index is 537. The first-order valence-electron chi connectivity index (χ1n) is 7.32. The lowest BCUT2D eigenvalue weighted by Crippen LogP contribution is -2.48. The molecule has 5 nitrogen and oxygen atoms in total. The number of likely N-dealkylation sites (N-methyl/N-ethyl adjacent to an activating group) is 1. The van der Waals surface area contributed by atoms with Gasteiger partial charge in [-0.2, -0.15) is 0 Å². The molecule has 0 saturated carbocycles. The topological polar surface area (TPSA) is 70.0 Å². The van der Waals surface area contributed by atoms with Gasteiger partial charge in [-0.1, -0.05) is 35.9 Å². The zero-order valence-electron chi connectivity index (χ0n) is 13.9. The van der Waals surface area contributed by atoms with Gasteiger partial charge in [0, 0.05) is 12.1 Å². The van der Waals surface area contributed by atoms with Crippen molar-refractivity contribution in [3.63, 3.8) is 0 Å². The zero-order chi connectivity index (χ0) is 17.6. The van der Waals surface area contributed by atoms with Crippen molar-refractivity contribution >= 4 is 23.8 Å². The third kappa shape index (κ3) is 6.60. The van der Waals surface area contributed by atoms with Crippen LogP contribution in [0.2, 0.25) is 5.02 Å². The minimum atomic E-state index is -1.03. The SMILES string of the molecule is CN(C(=O)OC(C)(C)C)[C@@H](CO)[C@H](O)/C=C/c1ccc(Cl)cc1. The smallest absolute Gasteiger partial charge is 0.410 e. The number of carbonyl (C=O) groups is 1. The van der Waals surface area contributed by atoms with Crippen molar-refractivity contribution < 1.29 is 19.7 Å². The number of carbonyl (C=O) groups excluding carboxylic acids is 1. The third-order valence-corrected chi connectivity index (χ3v) is 3.37. The summed E-state index contributed by atoms with van der Waals surface area (Å²) in [5.74, 6) is 0. The van der Waals surface area contributed by atoms with E-state index >= 15 is 0 Å². The lowest BCUT2D eigenvalue weighted by molar-refractivity contribution is -0.00150. The summed E-state index contributed by atoms with van der Waals surface area (Å²) in [5.41, 5.74) is 0.209. The van der Waals surface area contributed by atoms with Gasteiger partial charge in [0.05, 0.1) is 18.8 Å². The average molecular weight is 342 g/mol. The van der Waals surface area contributed by atoms with E-state index in [1.807, 2.05) is 0 Å². The molecule has 0 aliphatic heterocycles. The van der Waals surface area contributed by atoms with Gasteiger partial charge in [0.1, 0.15) is 5.60 Å². The van der Waals surface area contributed by atoms with Gasteiger partial charge in [0.2, 0.25) is 0 Å². The van der Waals surface area contributed by atoms with Gasteiger partial charge in [-0.3, -0.25) is 0 Å². The van der Waals surface area contributed by atoms with Gasteiger partial charge >= 0.3 is 6.09 Å². The Morgan fingerprint density at radius 3 is 2.39 bits per heavy atom. The number of benzene rings is 1. The summed E-state index contributed by atoms with van der Waals surface area (Å²) >= 11 is 5.81.